The molecule has 1 heterocycles. The first kappa shape index (κ1) is 19.1. The van der Waals surface area contributed by atoms with Crippen molar-refractivity contribution in [1.82, 2.24) is 4.98 Å². The predicted octanol–water partition coefficient (Wildman–Crippen LogP) is 5.98. The first-order valence-corrected chi connectivity index (χ1v) is 10.2. The highest BCUT2D eigenvalue weighted by Gasteiger charge is 2.23. The number of amides is 1. The van der Waals surface area contributed by atoms with Gasteiger partial charge in [0, 0.05) is 5.56 Å². The molecule has 0 bridgehead atoms. The predicted molar refractivity (Wildman–Crippen MR) is 117 cm³/mol. The van der Waals surface area contributed by atoms with E-state index in [1.807, 2.05) is 49.4 Å². The van der Waals surface area contributed by atoms with Gasteiger partial charge in [-0.3, -0.25) is 9.69 Å². The third-order valence-corrected chi connectivity index (χ3v) is 6.15. The van der Waals surface area contributed by atoms with E-state index in [1.165, 1.54) is 11.3 Å². The Hall–Kier alpha value is -3.20. The summed E-state index contributed by atoms with van der Waals surface area (Å²) in [5.74, 6) is -0.175. The summed E-state index contributed by atoms with van der Waals surface area (Å²) in [5.41, 5.74) is 3.83. The highest BCUT2D eigenvalue weighted by atomic mass is 35.5. The van der Waals surface area contributed by atoms with Crippen LogP contribution < -0.4 is 4.90 Å². The minimum atomic E-state index is -0.175. The first-order valence-electron chi connectivity index (χ1n) is 8.98. The van der Waals surface area contributed by atoms with Crippen molar-refractivity contribution in [1.29, 1.82) is 5.26 Å². The highest BCUT2D eigenvalue weighted by molar-refractivity contribution is 7.23. The van der Waals surface area contributed by atoms with Gasteiger partial charge in [-0.15, -0.1) is 0 Å². The maximum atomic E-state index is 13.4. The maximum Gasteiger partial charge on any atom is 0.260 e. The summed E-state index contributed by atoms with van der Waals surface area (Å²) >= 11 is 7.78. The fourth-order valence-corrected chi connectivity index (χ4v) is 4.36. The molecule has 0 saturated carbocycles. The van der Waals surface area contributed by atoms with Gasteiger partial charge in [0.05, 0.1) is 33.4 Å². The number of hydrogen-bond acceptors (Lipinski definition) is 4. The summed E-state index contributed by atoms with van der Waals surface area (Å²) in [6.45, 7) is 2.36. The average molecular weight is 418 g/mol. The van der Waals surface area contributed by atoms with Gasteiger partial charge in [0.1, 0.15) is 0 Å². The van der Waals surface area contributed by atoms with E-state index in [1.54, 1.807) is 29.2 Å². The van der Waals surface area contributed by atoms with E-state index >= 15 is 0 Å². The van der Waals surface area contributed by atoms with Crippen molar-refractivity contribution in [2.24, 2.45) is 0 Å². The number of halogens is 1. The van der Waals surface area contributed by atoms with Crippen molar-refractivity contribution >= 4 is 44.2 Å². The van der Waals surface area contributed by atoms with Gasteiger partial charge in [-0.2, -0.15) is 5.26 Å². The molecule has 0 aliphatic heterocycles. The standard InChI is InChI=1S/C23H16ClN3OS/c1-15-7-12-19(24)21-20(15)26-23(29-21)27(14-17-5-3-2-4-6-17)22(28)18-10-8-16(13-25)9-11-18/h2-12H,14H2,1H3. The quantitative estimate of drug-likeness (QED) is 0.410. The van der Waals surface area contributed by atoms with Crippen LogP contribution in [0.3, 0.4) is 0 Å². The van der Waals surface area contributed by atoms with E-state index < -0.39 is 0 Å². The molecule has 0 radical (unpaired) electrons. The zero-order valence-electron chi connectivity index (χ0n) is 15.6. The lowest BCUT2D eigenvalue weighted by Gasteiger charge is -2.20. The molecule has 0 spiro atoms. The van der Waals surface area contributed by atoms with Gasteiger partial charge < -0.3 is 0 Å². The molecular formula is C23H16ClN3OS. The van der Waals surface area contributed by atoms with Crippen LogP contribution in [0.5, 0.6) is 0 Å². The van der Waals surface area contributed by atoms with E-state index in [4.69, 9.17) is 21.8 Å². The molecule has 0 atom stereocenters. The molecule has 3 aromatic carbocycles. The molecule has 0 fully saturated rings. The Morgan fingerprint density at radius 1 is 1.10 bits per heavy atom. The van der Waals surface area contributed by atoms with Crippen LogP contribution in [0, 0.1) is 18.3 Å². The summed E-state index contributed by atoms with van der Waals surface area (Å²) in [5, 5.41) is 10.2. The van der Waals surface area contributed by atoms with Crippen molar-refractivity contribution in [2.45, 2.75) is 13.5 Å². The van der Waals surface area contributed by atoms with E-state index in [0.29, 0.717) is 27.8 Å². The van der Waals surface area contributed by atoms with E-state index in [9.17, 15) is 4.79 Å². The number of anilines is 1. The van der Waals surface area contributed by atoms with Crippen LogP contribution in [0.1, 0.15) is 27.0 Å². The van der Waals surface area contributed by atoms with Gasteiger partial charge in [0.2, 0.25) is 0 Å². The Kier molecular flexibility index (Phi) is 5.30. The molecule has 29 heavy (non-hydrogen) atoms. The molecular weight excluding hydrogens is 402 g/mol. The van der Waals surface area contributed by atoms with Crippen LogP contribution in [0.2, 0.25) is 5.02 Å². The van der Waals surface area contributed by atoms with Crippen molar-refractivity contribution < 1.29 is 4.79 Å². The highest BCUT2D eigenvalue weighted by Crippen LogP contribution is 2.36. The molecule has 1 amide bonds. The number of thiazole rings is 1. The Balaban J connectivity index is 1.80. The molecule has 4 rings (SSSR count). The molecule has 0 unspecified atom stereocenters. The van der Waals surface area contributed by atoms with Crippen LogP contribution in [-0.2, 0) is 6.54 Å². The van der Waals surface area contributed by atoms with Crippen LogP contribution in [0.15, 0.2) is 66.7 Å². The second-order valence-corrected chi connectivity index (χ2v) is 7.99. The number of carbonyl (C=O) groups is 1. The number of benzene rings is 3. The zero-order valence-corrected chi connectivity index (χ0v) is 17.2. The van der Waals surface area contributed by atoms with Gasteiger partial charge >= 0.3 is 0 Å². The summed E-state index contributed by atoms with van der Waals surface area (Å²) in [6, 6.07) is 22.3. The molecule has 4 nitrogen and oxygen atoms in total. The van der Waals surface area contributed by atoms with Crippen LogP contribution in [-0.4, -0.2) is 10.9 Å². The number of fused-ring (bicyclic) bond motifs is 1. The van der Waals surface area contributed by atoms with Gasteiger partial charge in [-0.05, 0) is 48.4 Å². The zero-order chi connectivity index (χ0) is 20.4. The Labute approximate surface area is 177 Å². The second-order valence-electron chi connectivity index (χ2n) is 6.60. The van der Waals surface area contributed by atoms with Crippen molar-refractivity contribution in [3.8, 4) is 6.07 Å². The number of carbonyl (C=O) groups excluding carboxylic acids is 1. The maximum absolute atomic E-state index is 13.4. The molecule has 6 heteroatoms. The third kappa shape index (κ3) is 3.86. The van der Waals surface area contributed by atoms with Crippen LogP contribution >= 0.6 is 22.9 Å². The molecule has 0 saturated heterocycles. The summed E-state index contributed by atoms with van der Waals surface area (Å²) < 4.78 is 0.868. The fraction of sp³-hybridized carbons (Fsp3) is 0.0870. The molecule has 142 valence electrons. The molecule has 4 aromatic rings. The van der Waals surface area contributed by atoms with Crippen LogP contribution in [0.4, 0.5) is 5.13 Å². The Morgan fingerprint density at radius 3 is 2.48 bits per heavy atom. The fourth-order valence-electron chi connectivity index (χ4n) is 3.04. The lowest BCUT2D eigenvalue weighted by atomic mass is 10.1. The third-order valence-electron chi connectivity index (χ3n) is 4.61. The number of nitriles is 1. The van der Waals surface area contributed by atoms with Gasteiger partial charge in [-0.1, -0.05) is 59.3 Å². The lowest BCUT2D eigenvalue weighted by molar-refractivity contribution is 0.0985. The van der Waals surface area contributed by atoms with Crippen molar-refractivity contribution in [3.05, 3.63) is 94.0 Å². The van der Waals surface area contributed by atoms with Gasteiger partial charge in [-0.25, -0.2) is 4.98 Å². The smallest absolute Gasteiger partial charge is 0.260 e. The summed E-state index contributed by atoms with van der Waals surface area (Å²) in [7, 11) is 0. The number of aromatic nitrogens is 1. The van der Waals surface area contributed by atoms with E-state index in [0.717, 1.165) is 21.3 Å². The Bertz CT molecular complexity index is 1190. The minimum Gasteiger partial charge on any atom is -0.279 e. The Morgan fingerprint density at radius 2 is 1.83 bits per heavy atom. The number of nitrogens with zero attached hydrogens (tertiary/aromatic N) is 3. The summed E-state index contributed by atoms with van der Waals surface area (Å²) in [4.78, 5) is 19.8. The van der Waals surface area contributed by atoms with Crippen molar-refractivity contribution in [2.75, 3.05) is 4.90 Å². The SMILES string of the molecule is Cc1ccc(Cl)c2sc(N(Cc3ccccc3)C(=O)c3ccc(C#N)cc3)nc12. The lowest BCUT2D eigenvalue weighted by Crippen LogP contribution is -2.30. The largest absolute Gasteiger partial charge is 0.279 e. The number of rotatable bonds is 4. The number of hydrogen-bond donors (Lipinski definition) is 0. The number of aryl methyl sites for hydroxylation is 1. The molecule has 0 aliphatic rings. The van der Waals surface area contributed by atoms with Crippen molar-refractivity contribution in [3.63, 3.8) is 0 Å². The van der Waals surface area contributed by atoms with Gasteiger partial charge in [0.25, 0.3) is 5.91 Å². The molecule has 0 aliphatic carbocycles. The topological polar surface area (TPSA) is 57.0 Å². The normalized spacial score (nSPS) is 10.7. The minimum absolute atomic E-state index is 0.175. The van der Waals surface area contributed by atoms with Gasteiger partial charge in [0.15, 0.2) is 5.13 Å². The molecule has 1 aromatic heterocycles. The van der Waals surface area contributed by atoms with E-state index in [-0.39, 0.29) is 5.91 Å². The first-order chi connectivity index (χ1) is 14.1. The molecule has 0 N–H and O–H groups in total. The second kappa shape index (κ2) is 8.04. The summed E-state index contributed by atoms with van der Waals surface area (Å²) in [6.07, 6.45) is 0. The monoisotopic (exact) mass is 417 g/mol. The average Bonchev–Trinajstić information content (AvgIpc) is 3.21. The van der Waals surface area contributed by atoms with Crippen LogP contribution in [0.25, 0.3) is 10.2 Å². The van der Waals surface area contributed by atoms with E-state index in [2.05, 4.69) is 6.07 Å².